The van der Waals surface area contributed by atoms with E-state index < -0.39 is 10.0 Å². The lowest BCUT2D eigenvalue weighted by atomic mass is 10.3. The summed E-state index contributed by atoms with van der Waals surface area (Å²) in [6.45, 7) is 9.67. The van der Waals surface area contributed by atoms with Crippen LogP contribution in [-0.4, -0.2) is 25.3 Å². The van der Waals surface area contributed by atoms with Gasteiger partial charge in [-0.05, 0) is 31.7 Å². The first kappa shape index (κ1) is 15.4. The number of sulfonamides is 1. The Kier molecular flexibility index (Phi) is 5.10. The Hall–Kier alpha value is -0.690. The minimum atomic E-state index is -3.50. The van der Waals surface area contributed by atoms with Crippen LogP contribution >= 0.6 is 11.3 Å². The molecule has 0 aliphatic heterocycles. The minimum Gasteiger partial charge on any atom is -0.326 e. The monoisotopic (exact) mass is 288 g/mol. The van der Waals surface area contributed by atoms with Gasteiger partial charge >= 0.3 is 0 Å². The molecule has 1 rings (SSSR count). The van der Waals surface area contributed by atoms with E-state index >= 15 is 0 Å². The molecule has 0 aliphatic carbocycles. The third-order valence-corrected chi connectivity index (χ3v) is 6.15. The Balaban J connectivity index is 3.34. The maximum Gasteiger partial charge on any atom is 0.245 e. The zero-order chi connectivity index (χ0) is 13.9. The van der Waals surface area contributed by atoms with Gasteiger partial charge in [-0.25, -0.2) is 8.42 Å². The van der Waals surface area contributed by atoms with Crippen LogP contribution in [0.25, 0.3) is 0 Å². The van der Waals surface area contributed by atoms with E-state index in [9.17, 15) is 8.42 Å². The number of nitrogens with zero attached hydrogens (tertiary/aromatic N) is 1. The molecule has 0 fully saturated rings. The summed E-state index contributed by atoms with van der Waals surface area (Å²) in [6, 6.07) is -0.113. The molecule has 0 radical (unpaired) electrons. The number of rotatable bonds is 6. The van der Waals surface area contributed by atoms with Gasteiger partial charge in [0.1, 0.15) is 4.90 Å². The summed E-state index contributed by atoms with van der Waals surface area (Å²) in [7, 11) is -3.50. The van der Waals surface area contributed by atoms with E-state index in [1.54, 1.807) is 13.0 Å². The van der Waals surface area contributed by atoms with Crippen molar-refractivity contribution in [1.29, 1.82) is 0 Å². The molecule has 1 aromatic heterocycles. The van der Waals surface area contributed by atoms with Gasteiger partial charge in [0.2, 0.25) is 10.0 Å². The molecule has 0 aromatic carbocycles. The zero-order valence-corrected chi connectivity index (χ0v) is 12.6. The lowest BCUT2D eigenvalue weighted by molar-refractivity contribution is 0.382. The third kappa shape index (κ3) is 2.83. The molecule has 0 spiro atoms. The smallest absolute Gasteiger partial charge is 0.245 e. The van der Waals surface area contributed by atoms with E-state index in [0.717, 1.165) is 5.56 Å². The second-order valence-corrected chi connectivity index (χ2v) is 7.12. The SMILES string of the molecule is C=CCN(C(C)C)S(=O)(=O)c1c(C)csc1CN. The van der Waals surface area contributed by atoms with Gasteiger partial charge in [-0.1, -0.05) is 6.08 Å². The second kappa shape index (κ2) is 5.97. The van der Waals surface area contributed by atoms with E-state index in [1.165, 1.54) is 15.6 Å². The average molecular weight is 288 g/mol. The predicted octanol–water partition coefficient (Wildman–Crippen LogP) is 2.10. The minimum absolute atomic E-state index is 0.113. The van der Waals surface area contributed by atoms with Crippen LogP contribution < -0.4 is 5.73 Å². The maximum atomic E-state index is 12.7. The molecule has 18 heavy (non-hydrogen) atoms. The largest absolute Gasteiger partial charge is 0.326 e. The van der Waals surface area contributed by atoms with E-state index in [1.807, 2.05) is 19.2 Å². The number of nitrogens with two attached hydrogens (primary N) is 1. The first-order valence-electron chi connectivity index (χ1n) is 5.76. The summed E-state index contributed by atoms with van der Waals surface area (Å²) in [5.74, 6) is 0. The molecule has 0 aliphatic rings. The fourth-order valence-electron chi connectivity index (χ4n) is 1.81. The highest BCUT2D eigenvalue weighted by Gasteiger charge is 2.30. The van der Waals surface area contributed by atoms with Crippen LogP contribution in [0.5, 0.6) is 0 Å². The van der Waals surface area contributed by atoms with Crippen molar-refractivity contribution in [2.45, 2.75) is 38.3 Å². The van der Waals surface area contributed by atoms with Gasteiger partial charge in [-0.3, -0.25) is 0 Å². The van der Waals surface area contributed by atoms with Gasteiger partial charge in [0.15, 0.2) is 0 Å². The van der Waals surface area contributed by atoms with Crippen molar-refractivity contribution >= 4 is 21.4 Å². The lowest BCUT2D eigenvalue weighted by Gasteiger charge is -2.25. The van der Waals surface area contributed by atoms with Crippen molar-refractivity contribution in [1.82, 2.24) is 4.31 Å². The van der Waals surface area contributed by atoms with Crippen molar-refractivity contribution in [2.24, 2.45) is 5.73 Å². The van der Waals surface area contributed by atoms with Gasteiger partial charge in [-0.15, -0.1) is 17.9 Å². The molecule has 1 heterocycles. The second-order valence-electron chi connectivity index (χ2n) is 4.33. The number of aryl methyl sites for hydroxylation is 1. The highest BCUT2D eigenvalue weighted by atomic mass is 32.2. The van der Waals surface area contributed by atoms with E-state index in [0.29, 0.717) is 16.3 Å². The molecule has 6 heteroatoms. The fraction of sp³-hybridized carbons (Fsp3) is 0.500. The first-order chi connectivity index (χ1) is 8.36. The summed E-state index contributed by atoms with van der Waals surface area (Å²) in [5, 5.41) is 1.83. The van der Waals surface area contributed by atoms with Gasteiger partial charge in [0.05, 0.1) is 0 Å². The van der Waals surface area contributed by atoms with Crippen LogP contribution in [0.15, 0.2) is 22.9 Å². The lowest BCUT2D eigenvalue weighted by Crippen LogP contribution is -2.37. The molecule has 0 amide bonds. The van der Waals surface area contributed by atoms with Crippen molar-refractivity contribution in [3.63, 3.8) is 0 Å². The predicted molar refractivity (Wildman–Crippen MR) is 76.2 cm³/mol. The van der Waals surface area contributed by atoms with Gasteiger partial charge in [0, 0.05) is 24.0 Å². The summed E-state index contributed by atoms with van der Waals surface area (Å²) in [6.07, 6.45) is 1.60. The highest BCUT2D eigenvalue weighted by molar-refractivity contribution is 7.89. The molecule has 2 N–H and O–H groups in total. The molecule has 0 bridgehead atoms. The van der Waals surface area contributed by atoms with Crippen molar-refractivity contribution < 1.29 is 8.42 Å². The van der Waals surface area contributed by atoms with Crippen LogP contribution in [0.2, 0.25) is 0 Å². The van der Waals surface area contributed by atoms with E-state index in [2.05, 4.69) is 6.58 Å². The first-order valence-corrected chi connectivity index (χ1v) is 8.08. The molecule has 0 saturated carbocycles. The molecule has 102 valence electrons. The number of thiophene rings is 1. The topological polar surface area (TPSA) is 63.4 Å². The van der Waals surface area contributed by atoms with Crippen molar-refractivity contribution in [3.05, 3.63) is 28.5 Å². The number of hydrogen-bond donors (Lipinski definition) is 1. The van der Waals surface area contributed by atoms with Crippen molar-refractivity contribution in [3.8, 4) is 0 Å². The Labute approximate surface area is 113 Å². The Morgan fingerprint density at radius 1 is 1.56 bits per heavy atom. The summed E-state index contributed by atoms with van der Waals surface area (Å²) < 4.78 is 26.7. The molecule has 0 atom stereocenters. The average Bonchev–Trinajstić information content (AvgIpc) is 2.67. The Morgan fingerprint density at radius 2 is 2.17 bits per heavy atom. The van der Waals surface area contributed by atoms with Crippen LogP contribution in [0, 0.1) is 6.92 Å². The molecular weight excluding hydrogens is 268 g/mol. The molecule has 0 unspecified atom stereocenters. The summed E-state index contributed by atoms with van der Waals surface area (Å²) in [5.41, 5.74) is 6.38. The van der Waals surface area contributed by atoms with E-state index in [4.69, 9.17) is 5.73 Å². The van der Waals surface area contributed by atoms with Gasteiger partial charge in [0.25, 0.3) is 0 Å². The third-order valence-electron chi connectivity index (χ3n) is 2.63. The molecular formula is C12H20N2O2S2. The van der Waals surface area contributed by atoms with Crippen LogP contribution in [0.1, 0.15) is 24.3 Å². The summed E-state index contributed by atoms with van der Waals surface area (Å²) in [4.78, 5) is 1.08. The standard InChI is InChI=1S/C12H20N2O2S2/c1-5-6-14(9(2)3)18(15,16)12-10(4)8-17-11(12)7-13/h5,8-9H,1,6-7,13H2,2-4H3. The number of hydrogen-bond acceptors (Lipinski definition) is 4. The molecule has 1 aromatic rings. The zero-order valence-electron chi connectivity index (χ0n) is 11.0. The van der Waals surface area contributed by atoms with E-state index in [-0.39, 0.29) is 12.6 Å². The highest BCUT2D eigenvalue weighted by Crippen LogP contribution is 2.30. The quantitative estimate of drug-likeness (QED) is 0.815. The maximum absolute atomic E-state index is 12.7. The van der Waals surface area contributed by atoms with Crippen LogP contribution in [0.4, 0.5) is 0 Å². The summed E-state index contributed by atoms with van der Waals surface area (Å²) >= 11 is 1.39. The van der Waals surface area contributed by atoms with Gasteiger partial charge in [-0.2, -0.15) is 4.31 Å². The fourth-order valence-corrected chi connectivity index (χ4v) is 5.07. The Morgan fingerprint density at radius 3 is 2.61 bits per heavy atom. The Bertz CT molecular complexity index is 518. The van der Waals surface area contributed by atoms with Crippen LogP contribution in [0.3, 0.4) is 0 Å². The van der Waals surface area contributed by atoms with Crippen molar-refractivity contribution in [2.75, 3.05) is 6.54 Å². The van der Waals surface area contributed by atoms with Crippen LogP contribution in [-0.2, 0) is 16.6 Å². The molecule has 0 saturated heterocycles. The van der Waals surface area contributed by atoms with Gasteiger partial charge < -0.3 is 5.73 Å². The molecule has 4 nitrogen and oxygen atoms in total. The normalized spacial score (nSPS) is 12.3.